The standard InChI is InChI=1S/C24H23FN2O3/c25-20-10-4-8-18(12-20)15-23(28)27-22(24(26)29)14-19-9-5-11-21(13-19)30-16-17-6-2-1-3-7-17/h1-13,22H,14-16H2,(H2,26,29)(H,27,28)/t22-/m1/s1. The summed E-state index contributed by atoms with van der Waals surface area (Å²) < 4.78 is 19.1. The lowest BCUT2D eigenvalue weighted by Gasteiger charge is -2.16. The molecule has 0 aliphatic rings. The first kappa shape index (κ1) is 21.0. The topological polar surface area (TPSA) is 81.4 Å². The first-order valence-corrected chi connectivity index (χ1v) is 9.58. The molecular weight excluding hydrogens is 383 g/mol. The van der Waals surface area contributed by atoms with E-state index in [0.29, 0.717) is 17.9 Å². The van der Waals surface area contributed by atoms with Crippen LogP contribution >= 0.6 is 0 Å². The molecular formula is C24H23FN2O3. The van der Waals surface area contributed by atoms with Crippen LogP contribution in [-0.4, -0.2) is 17.9 Å². The highest BCUT2D eigenvalue weighted by Crippen LogP contribution is 2.17. The molecule has 30 heavy (non-hydrogen) atoms. The molecule has 5 nitrogen and oxygen atoms in total. The molecule has 0 aromatic heterocycles. The molecule has 0 saturated carbocycles. The lowest BCUT2D eigenvalue weighted by molar-refractivity contribution is -0.127. The molecule has 0 heterocycles. The van der Waals surface area contributed by atoms with Crippen molar-refractivity contribution in [2.45, 2.75) is 25.5 Å². The largest absolute Gasteiger partial charge is 0.489 e. The van der Waals surface area contributed by atoms with E-state index in [1.807, 2.05) is 54.6 Å². The maximum absolute atomic E-state index is 13.3. The van der Waals surface area contributed by atoms with Crippen molar-refractivity contribution in [3.8, 4) is 5.75 Å². The van der Waals surface area contributed by atoms with Gasteiger partial charge >= 0.3 is 0 Å². The van der Waals surface area contributed by atoms with Crippen LogP contribution in [0.25, 0.3) is 0 Å². The molecule has 6 heteroatoms. The zero-order valence-corrected chi connectivity index (χ0v) is 16.4. The second kappa shape index (κ2) is 10.2. The Kier molecular flexibility index (Phi) is 7.16. The van der Waals surface area contributed by atoms with Crippen LogP contribution in [0.1, 0.15) is 16.7 Å². The summed E-state index contributed by atoms with van der Waals surface area (Å²) >= 11 is 0. The number of hydrogen-bond donors (Lipinski definition) is 2. The number of carbonyl (C=O) groups excluding carboxylic acids is 2. The van der Waals surface area contributed by atoms with Crippen LogP contribution < -0.4 is 15.8 Å². The predicted octanol–water partition coefficient (Wildman–Crippen LogP) is 3.16. The van der Waals surface area contributed by atoms with E-state index in [-0.39, 0.29) is 12.8 Å². The third-order valence-corrected chi connectivity index (χ3v) is 4.52. The highest BCUT2D eigenvalue weighted by atomic mass is 19.1. The summed E-state index contributed by atoms with van der Waals surface area (Å²) in [6.07, 6.45) is 0.189. The summed E-state index contributed by atoms with van der Waals surface area (Å²) in [5, 5.41) is 2.63. The van der Waals surface area contributed by atoms with Gasteiger partial charge in [0, 0.05) is 6.42 Å². The Bertz CT molecular complexity index is 1010. The summed E-state index contributed by atoms with van der Waals surface area (Å²) in [4.78, 5) is 24.1. The van der Waals surface area contributed by atoms with Crippen molar-refractivity contribution in [3.63, 3.8) is 0 Å². The second-order valence-corrected chi connectivity index (χ2v) is 6.95. The molecule has 3 aromatic rings. The fraction of sp³-hybridized carbons (Fsp3) is 0.167. The quantitative estimate of drug-likeness (QED) is 0.573. The van der Waals surface area contributed by atoms with Gasteiger partial charge in [0.2, 0.25) is 11.8 Å². The van der Waals surface area contributed by atoms with Crippen molar-refractivity contribution < 1.29 is 18.7 Å². The maximum atomic E-state index is 13.3. The summed E-state index contributed by atoms with van der Waals surface area (Å²) in [7, 11) is 0. The SMILES string of the molecule is NC(=O)[C@@H](Cc1cccc(OCc2ccccc2)c1)NC(=O)Cc1cccc(F)c1. The van der Waals surface area contributed by atoms with Gasteiger partial charge < -0.3 is 15.8 Å². The Morgan fingerprint density at radius 2 is 1.60 bits per heavy atom. The number of ether oxygens (including phenoxy) is 1. The average Bonchev–Trinajstić information content (AvgIpc) is 2.73. The van der Waals surface area contributed by atoms with E-state index >= 15 is 0 Å². The highest BCUT2D eigenvalue weighted by Gasteiger charge is 2.19. The molecule has 3 rings (SSSR count). The number of nitrogens with two attached hydrogens (primary N) is 1. The number of benzene rings is 3. The van der Waals surface area contributed by atoms with E-state index in [0.717, 1.165) is 11.1 Å². The molecule has 0 aliphatic heterocycles. The lowest BCUT2D eigenvalue weighted by Crippen LogP contribution is -2.46. The Morgan fingerprint density at radius 1 is 0.900 bits per heavy atom. The highest BCUT2D eigenvalue weighted by molar-refractivity contribution is 5.87. The van der Waals surface area contributed by atoms with Crippen LogP contribution in [0.3, 0.4) is 0 Å². The minimum atomic E-state index is -0.879. The van der Waals surface area contributed by atoms with E-state index in [2.05, 4.69) is 5.32 Å². The van der Waals surface area contributed by atoms with Gasteiger partial charge in [0.25, 0.3) is 0 Å². The predicted molar refractivity (Wildman–Crippen MR) is 112 cm³/mol. The van der Waals surface area contributed by atoms with Gasteiger partial charge in [-0.1, -0.05) is 54.6 Å². The fourth-order valence-corrected chi connectivity index (χ4v) is 3.04. The van der Waals surface area contributed by atoms with Crippen LogP contribution in [-0.2, 0) is 29.0 Å². The summed E-state index contributed by atoms with van der Waals surface area (Å²) in [5.41, 5.74) is 7.84. The van der Waals surface area contributed by atoms with Crippen LogP contribution in [0.5, 0.6) is 5.75 Å². The molecule has 2 amide bonds. The number of halogens is 1. The van der Waals surface area contributed by atoms with Crippen molar-refractivity contribution >= 4 is 11.8 Å². The van der Waals surface area contributed by atoms with Gasteiger partial charge in [0.05, 0.1) is 6.42 Å². The number of amides is 2. The molecule has 3 aromatic carbocycles. The number of primary amides is 1. The van der Waals surface area contributed by atoms with Crippen LogP contribution in [0.15, 0.2) is 78.9 Å². The normalized spacial score (nSPS) is 11.5. The van der Waals surface area contributed by atoms with Crippen LogP contribution in [0.2, 0.25) is 0 Å². The number of rotatable bonds is 9. The number of hydrogen-bond acceptors (Lipinski definition) is 3. The number of carbonyl (C=O) groups is 2. The van der Waals surface area contributed by atoms with E-state index in [9.17, 15) is 14.0 Å². The lowest BCUT2D eigenvalue weighted by atomic mass is 10.0. The Balaban J connectivity index is 1.60. The fourth-order valence-electron chi connectivity index (χ4n) is 3.04. The van der Waals surface area contributed by atoms with Crippen molar-refractivity contribution in [3.05, 3.63) is 101 Å². The first-order valence-electron chi connectivity index (χ1n) is 9.58. The zero-order chi connectivity index (χ0) is 21.3. The van der Waals surface area contributed by atoms with Crippen LogP contribution in [0.4, 0.5) is 4.39 Å². The molecule has 0 spiro atoms. The van der Waals surface area contributed by atoms with Gasteiger partial charge in [0.15, 0.2) is 0 Å². The summed E-state index contributed by atoms with van der Waals surface area (Å²) in [5.74, 6) is -0.802. The van der Waals surface area contributed by atoms with E-state index in [1.165, 1.54) is 18.2 Å². The first-order chi connectivity index (χ1) is 14.5. The van der Waals surface area contributed by atoms with Gasteiger partial charge in [-0.2, -0.15) is 0 Å². The van der Waals surface area contributed by atoms with Gasteiger partial charge in [0.1, 0.15) is 24.2 Å². The molecule has 0 bridgehead atoms. The molecule has 0 radical (unpaired) electrons. The van der Waals surface area contributed by atoms with E-state index in [1.54, 1.807) is 6.07 Å². The van der Waals surface area contributed by atoms with Gasteiger partial charge in [-0.25, -0.2) is 4.39 Å². The van der Waals surface area contributed by atoms with Gasteiger partial charge in [-0.3, -0.25) is 9.59 Å². The molecule has 154 valence electrons. The van der Waals surface area contributed by atoms with E-state index in [4.69, 9.17) is 10.5 Å². The molecule has 0 saturated heterocycles. The van der Waals surface area contributed by atoms with Gasteiger partial charge in [-0.05, 0) is 41.0 Å². The summed E-state index contributed by atoms with van der Waals surface area (Å²) in [6, 6.07) is 22.0. The van der Waals surface area contributed by atoms with Crippen molar-refractivity contribution in [2.24, 2.45) is 5.73 Å². The van der Waals surface area contributed by atoms with Crippen LogP contribution in [0, 0.1) is 5.82 Å². The Labute approximate surface area is 174 Å². The molecule has 3 N–H and O–H groups in total. The molecule has 0 fully saturated rings. The Hall–Kier alpha value is -3.67. The molecule has 0 unspecified atom stereocenters. The molecule has 0 aliphatic carbocycles. The molecule has 1 atom stereocenters. The maximum Gasteiger partial charge on any atom is 0.240 e. The Morgan fingerprint density at radius 3 is 2.33 bits per heavy atom. The smallest absolute Gasteiger partial charge is 0.240 e. The van der Waals surface area contributed by atoms with Gasteiger partial charge in [-0.15, -0.1) is 0 Å². The second-order valence-electron chi connectivity index (χ2n) is 6.95. The minimum Gasteiger partial charge on any atom is -0.489 e. The third kappa shape index (κ3) is 6.44. The van der Waals surface area contributed by atoms with E-state index < -0.39 is 23.7 Å². The van der Waals surface area contributed by atoms with Crippen molar-refractivity contribution in [2.75, 3.05) is 0 Å². The zero-order valence-electron chi connectivity index (χ0n) is 16.4. The minimum absolute atomic E-state index is 0.0399. The average molecular weight is 406 g/mol. The summed E-state index contributed by atoms with van der Waals surface area (Å²) in [6.45, 7) is 0.425. The monoisotopic (exact) mass is 406 g/mol. The van der Waals surface area contributed by atoms with Crippen molar-refractivity contribution in [1.29, 1.82) is 0 Å². The van der Waals surface area contributed by atoms with Crippen molar-refractivity contribution in [1.82, 2.24) is 5.32 Å². The number of nitrogens with one attached hydrogen (secondary N) is 1. The third-order valence-electron chi connectivity index (χ3n) is 4.52.